The molecule has 0 spiro atoms. The Kier molecular flexibility index (Phi) is 8.38. The molecule has 1 aliphatic rings. The van der Waals surface area contributed by atoms with Gasteiger partial charge in [-0.25, -0.2) is 0 Å². The van der Waals surface area contributed by atoms with Crippen molar-refractivity contribution in [3.8, 4) is 55.6 Å². The van der Waals surface area contributed by atoms with Crippen LogP contribution in [0.25, 0.3) is 142 Å². The first-order valence-corrected chi connectivity index (χ1v) is 24.4. The summed E-state index contributed by atoms with van der Waals surface area (Å²) in [4.78, 5) is 19.3. The molecule has 0 atom stereocenters. The van der Waals surface area contributed by atoms with Gasteiger partial charge in [-0.15, -0.1) is 0 Å². The zero-order valence-electron chi connectivity index (χ0n) is 39.1. The standard InChI is InChI=1S/C67H42N4/c1-67(2)59-36-44(54-35-48-16-8-28-69-64(48)66-52(54)18-10-30-71-66)23-25-49(59)55-37-57-58(38-60(55)67)62(46-22-20-40-12-4-6-14-42(40)32-46)56-33-43(53-34-47-15-7-27-68-63(47)65-51(53)17-9-29-70-65)24-26-50(56)61(57)45-21-19-39-11-3-5-13-41(39)31-45/h3-38H,1-2H3. The van der Waals surface area contributed by atoms with Crippen molar-refractivity contribution in [2.24, 2.45) is 0 Å². The monoisotopic (exact) mass is 902 g/mol. The summed E-state index contributed by atoms with van der Waals surface area (Å²) >= 11 is 0. The topological polar surface area (TPSA) is 51.6 Å². The van der Waals surface area contributed by atoms with Crippen LogP contribution in [0.1, 0.15) is 25.0 Å². The molecule has 71 heavy (non-hydrogen) atoms. The molecule has 4 heterocycles. The fourth-order valence-corrected chi connectivity index (χ4v) is 12.1. The molecular weight excluding hydrogens is 861 g/mol. The highest BCUT2D eigenvalue weighted by atomic mass is 14.7. The van der Waals surface area contributed by atoms with Crippen molar-refractivity contribution in [1.29, 1.82) is 0 Å². The van der Waals surface area contributed by atoms with Gasteiger partial charge >= 0.3 is 0 Å². The highest BCUT2D eigenvalue weighted by Gasteiger charge is 2.37. The minimum atomic E-state index is -0.313. The van der Waals surface area contributed by atoms with E-state index in [1.54, 1.807) is 0 Å². The van der Waals surface area contributed by atoms with E-state index in [1.165, 1.54) is 98.7 Å². The van der Waals surface area contributed by atoms with Crippen molar-refractivity contribution in [2.75, 3.05) is 0 Å². The second-order valence-corrected chi connectivity index (χ2v) is 19.8. The quantitative estimate of drug-likeness (QED) is 0.130. The first-order chi connectivity index (χ1) is 34.9. The third-order valence-electron chi connectivity index (χ3n) is 15.5. The number of pyridine rings is 4. The summed E-state index contributed by atoms with van der Waals surface area (Å²) < 4.78 is 0. The molecule has 0 aliphatic heterocycles. The molecule has 10 aromatic carbocycles. The van der Waals surface area contributed by atoms with E-state index in [-0.39, 0.29) is 5.41 Å². The normalized spacial score (nSPS) is 13.0. The number of aromatic nitrogens is 4. The molecule has 0 radical (unpaired) electrons. The van der Waals surface area contributed by atoms with Crippen LogP contribution < -0.4 is 0 Å². The van der Waals surface area contributed by atoms with Crippen molar-refractivity contribution in [2.45, 2.75) is 19.3 Å². The van der Waals surface area contributed by atoms with Crippen molar-refractivity contribution in [3.05, 3.63) is 230 Å². The van der Waals surface area contributed by atoms with Gasteiger partial charge in [0.1, 0.15) is 0 Å². The predicted molar refractivity (Wildman–Crippen MR) is 297 cm³/mol. The molecule has 4 heteroatoms. The summed E-state index contributed by atoms with van der Waals surface area (Å²) in [5, 5.41) is 14.1. The van der Waals surface area contributed by atoms with Gasteiger partial charge in [-0.3, -0.25) is 19.9 Å². The van der Waals surface area contributed by atoms with Gasteiger partial charge in [0.25, 0.3) is 0 Å². The predicted octanol–water partition coefficient (Wildman–Crippen LogP) is 17.5. The zero-order chi connectivity index (χ0) is 47.0. The minimum Gasteiger partial charge on any atom is -0.254 e. The van der Waals surface area contributed by atoms with Gasteiger partial charge in [-0.05, 0) is 183 Å². The number of hydrogen-bond acceptors (Lipinski definition) is 4. The molecular formula is C67H42N4. The van der Waals surface area contributed by atoms with Crippen LogP contribution in [0.15, 0.2) is 219 Å². The molecule has 4 aromatic heterocycles. The Balaban J connectivity index is 1.04. The van der Waals surface area contributed by atoms with Crippen LogP contribution in [0, 0.1) is 0 Å². The summed E-state index contributed by atoms with van der Waals surface area (Å²) in [5.41, 5.74) is 18.1. The average molecular weight is 903 g/mol. The van der Waals surface area contributed by atoms with E-state index >= 15 is 0 Å². The molecule has 1 aliphatic carbocycles. The lowest BCUT2D eigenvalue weighted by atomic mass is 9.78. The number of benzene rings is 10. The van der Waals surface area contributed by atoms with Crippen LogP contribution in [0.3, 0.4) is 0 Å². The van der Waals surface area contributed by atoms with E-state index in [9.17, 15) is 0 Å². The Bertz CT molecular complexity index is 4620. The third-order valence-corrected chi connectivity index (χ3v) is 15.5. The molecule has 4 nitrogen and oxygen atoms in total. The van der Waals surface area contributed by atoms with E-state index in [2.05, 4.69) is 184 Å². The van der Waals surface area contributed by atoms with E-state index in [1.807, 2.05) is 49.1 Å². The first-order valence-electron chi connectivity index (χ1n) is 24.4. The summed E-state index contributed by atoms with van der Waals surface area (Å²) in [5.74, 6) is 0. The number of fused-ring (bicyclic) bond motifs is 13. The molecule has 0 bridgehead atoms. The van der Waals surface area contributed by atoms with E-state index < -0.39 is 0 Å². The van der Waals surface area contributed by atoms with Crippen molar-refractivity contribution in [1.82, 2.24) is 19.9 Å². The molecule has 0 N–H and O–H groups in total. The molecule has 15 rings (SSSR count). The molecule has 0 saturated carbocycles. The third kappa shape index (κ3) is 5.92. The summed E-state index contributed by atoms with van der Waals surface area (Å²) in [6.07, 6.45) is 7.46. The maximum atomic E-state index is 4.92. The van der Waals surface area contributed by atoms with Gasteiger partial charge in [0.15, 0.2) is 0 Å². The maximum Gasteiger partial charge on any atom is 0.0970 e. The van der Waals surface area contributed by atoms with Crippen molar-refractivity contribution in [3.63, 3.8) is 0 Å². The Morgan fingerprint density at radius 3 is 1.32 bits per heavy atom. The van der Waals surface area contributed by atoms with E-state index in [0.717, 1.165) is 54.7 Å². The molecule has 0 amide bonds. The number of nitrogens with zero attached hydrogens (tertiary/aromatic N) is 4. The maximum absolute atomic E-state index is 4.92. The van der Waals surface area contributed by atoms with Gasteiger partial charge in [-0.1, -0.05) is 135 Å². The van der Waals surface area contributed by atoms with Crippen LogP contribution in [-0.2, 0) is 5.41 Å². The highest BCUT2D eigenvalue weighted by molar-refractivity contribution is 6.24. The van der Waals surface area contributed by atoms with Crippen LogP contribution in [0.2, 0.25) is 0 Å². The number of hydrogen-bond donors (Lipinski definition) is 0. The second kappa shape index (κ2) is 14.9. The van der Waals surface area contributed by atoms with Crippen LogP contribution in [0.4, 0.5) is 0 Å². The summed E-state index contributed by atoms with van der Waals surface area (Å²) in [7, 11) is 0. The zero-order valence-corrected chi connectivity index (χ0v) is 39.1. The minimum absolute atomic E-state index is 0.313. The fourth-order valence-electron chi connectivity index (χ4n) is 12.1. The smallest absolute Gasteiger partial charge is 0.0970 e. The van der Waals surface area contributed by atoms with Gasteiger partial charge in [-0.2, -0.15) is 0 Å². The van der Waals surface area contributed by atoms with Crippen LogP contribution in [0.5, 0.6) is 0 Å². The summed E-state index contributed by atoms with van der Waals surface area (Å²) in [6, 6.07) is 72.1. The lowest BCUT2D eigenvalue weighted by Crippen LogP contribution is -2.15. The molecule has 14 aromatic rings. The van der Waals surface area contributed by atoms with Gasteiger partial charge < -0.3 is 0 Å². The molecule has 0 saturated heterocycles. The Labute approximate surface area is 409 Å². The van der Waals surface area contributed by atoms with Crippen LogP contribution >= 0.6 is 0 Å². The Hall–Kier alpha value is -9.12. The average Bonchev–Trinajstić information content (AvgIpc) is 3.64. The van der Waals surface area contributed by atoms with Crippen LogP contribution in [-0.4, -0.2) is 19.9 Å². The van der Waals surface area contributed by atoms with Gasteiger partial charge in [0, 0.05) is 51.7 Å². The summed E-state index contributed by atoms with van der Waals surface area (Å²) in [6.45, 7) is 4.81. The highest BCUT2D eigenvalue weighted by Crippen LogP contribution is 2.55. The van der Waals surface area contributed by atoms with Gasteiger partial charge in [0.2, 0.25) is 0 Å². The second-order valence-electron chi connectivity index (χ2n) is 19.8. The largest absolute Gasteiger partial charge is 0.254 e. The molecule has 330 valence electrons. The van der Waals surface area contributed by atoms with Gasteiger partial charge in [0.05, 0.1) is 22.1 Å². The molecule has 0 unspecified atom stereocenters. The van der Waals surface area contributed by atoms with E-state index in [0.29, 0.717) is 0 Å². The lowest BCUT2D eigenvalue weighted by molar-refractivity contribution is 0.661. The van der Waals surface area contributed by atoms with E-state index in [4.69, 9.17) is 19.9 Å². The fraction of sp³-hybridized carbons (Fsp3) is 0.0448. The Morgan fingerprint density at radius 2 is 0.718 bits per heavy atom. The first kappa shape index (κ1) is 39.8. The van der Waals surface area contributed by atoms with Crippen molar-refractivity contribution >= 4 is 86.7 Å². The SMILES string of the molecule is CC1(C)c2cc(-c3cc4cccnc4c4ncccc34)ccc2-c2cc3c(-c4ccc5ccccc5c4)c4ccc(-c5cc6cccnc6c6ncccc56)cc4c(-c4ccc5ccccc5c4)c3cc21. The van der Waals surface area contributed by atoms with Crippen molar-refractivity contribution < 1.29 is 0 Å². The molecule has 0 fully saturated rings. The Morgan fingerprint density at radius 1 is 0.268 bits per heavy atom. The number of rotatable bonds is 4. The lowest BCUT2D eigenvalue weighted by Gasteiger charge is -2.24.